The van der Waals surface area contributed by atoms with Crippen molar-refractivity contribution in [1.29, 1.82) is 0 Å². The van der Waals surface area contributed by atoms with Crippen molar-refractivity contribution in [3.8, 4) is 0 Å². The Morgan fingerprint density at radius 3 is 1.57 bits per heavy atom. The minimum Gasteiger partial charge on any atom is -0.478 e. The molecule has 0 heterocycles. The summed E-state index contributed by atoms with van der Waals surface area (Å²) in [7, 11) is 0. The average molecular weight is 322 g/mol. The van der Waals surface area contributed by atoms with E-state index in [-0.39, 0.29) is 5.57 Å². The molecular weight excluding hydrogens is 312 g/mol. The van der Waals surface area contributed by atoms with E-state index in [9.17, 15) is 4.79 Å². The zero-order valence-electron chi connectivity index (χ0n) is 7.63. The summed E-state index contributed by atoms with van der Waals surface area (Å²) >= 11 is 6.65. The Morgan fingerprint density at radius 1 is 1.21 bits per heavy atom. The maximum Gasteiger partial charge on any atom is 0.330 e. The van der Waals surface area contributed by atoms with E-state index in [0.717, 1.165) is 8.95 Å². The first-order valence-electron chi connectivity index (χ1n) is 3.73. The first kappa shape index (κ1) is 13.4. The van der Waals surface area contributed by atoms with Crippen molar-refractivity contribution in [3.05, 3.63) is 45.4 Å². The molecule has 4 heteroatoms. The lowest BCUT2D eigenvalue weighted by Crippen LogP contribution is -1.92. The van der Waals surface area contributed by atoms with Crippen LogP contribution in [0.4, 0.5) is 0 Å². The van der Waals surface area contributed by atoms with Crippen LogP contribution in [0.5, 0.6) is 0 Å². The van der Waals surface area contributed by atoms with E-state index in [1.807, 2.05) is 24.3 Å². The number of hydrogen-bond donors (Lipinski definition) is 1. The molecule has 0 aliphatic carbocycles. The van der Waals surface area contributed by atoms with Gasteiger partial charge in [-0.05, 0) is 31.2 Å². The highest BCUT2D eigenvalue weighted by Gasteiger charge is 1.90. The van der Waals surface area contributed by atoms with Gasteiger partial charge in [0.05, 0.1) is 0 Å². The fourth-order valence-corrected chi connectivity index (χ4v) is 0.958. The Kier molecular flexibility index (Phi) is 6.49. The molecule has 2 nitrogen and oxygen atoms in total. The molecule has 0 spiro atoms. The summed E-state index contributed by atoms with van der Waals surface area (Å²) in [6, 6.07) is 7.96. The molecule has 76 valence electrons. The van der Waals surface area contributed by atoms with Crippen LogP contribution in [-0.4, -0.2) is 11.1 Å². The Hall–Kier alpha value is -0.610. The molecule has 1 rings (SSSR count). The average Bonchev–Trinajstić information content (AvgIpc) is 2.11. The molecular formula is C10H10Br2O2. The number of aliphatic carboxylic acids is 1. The number of carbonyl (C=O) groups is 1. The molecule has 14 heavy (non-hydrogen) atoms. The largest absolute Gasteiger partial charge is 0.478 e. The van der Waals surface area contributed by atoms with E-state index in [1.165, 1.54) is 6.92 Å². The van der Waals surface area contributed by atoms with Gasteiger partial charge in [-0.1, -0.05) is 38.4 Å². The van der Waals surface area contributed by atoms with Crippen molar-refractivity contribution in [2.75, 3.05) is 0 Å². The molecule has 1 N–H and O–H groups in total. The number of carboxylic acid groups (broad SMARTS) is 1. The molecule has 0 bridgehead atoms. The molecule has 0 saturated carbocycles. The topological polar surface area (TPSA) is 37.3 Å². The molecule has 0 fully saturated rings. The van der Waals surface area contributed by atoms with Crippen LogP contribution >= 0.6 is 31.9 Å². The number of rotatable bonds is 1. The smallest absolute Gasteiger partial charge is 0.330 e. The molecule has 0 unspecified atom stereocenters. The molecule has 0 aliphatic heterocycles. The van der Waals surface area contributed by atoms with Gasteiger partial charge >= 0.3 is 5.97 Å². The SMILES string of the molecule is Brc1ccc(Br)cc1.C=C(C)C(=O)O. The predicted molar refractivity (Wildman–Crippen MR) is 64.3 cm³/mol. The second-order valence-electron chi connectivity index (χ2n) is 2.52. The van der Waals surface area contributed by atoms with Gasteiger partial charge in [-0.3, -0.25) is 0 Å². The third kappa shape index (κ3) is 6.86. The van der Waals surface area contributed by atoms with E-state index in [1.54, 1.807) is 0 Å². The lowest BCUT2D eigenvalue weighted by atomic mass is 10.4. The van der Waals surface area contributed by atoms with Crippen molar-refractivity contribution < 1.29 is 9.90 Å². The number of halogens is 2. The van der Waals surface area contributed by atoms with Crippen LogP contribution in [0, 0.1) is 0 Å². The van der Waals surface area contributed by atoms with Crippen molar-refractivity contribution in [2.45, 2.75) is 6.92 Å². The van der Waals surface area contributed by atoms with Crippen molar-refractivity contribution in [1.82, 2.24) is 0 Å². The summed E-state index contributed by atoms with van der Waals surface area (Å²) in [6.45, 7) is 4.60. The van der Waals surface area contributed by atoms with Crippen LogP contribution in [0.15, 0.2) is 45.4 Å². The Balaban J connectivity index is 0.000000255. The van der Waals surface area contributed by atoms with Gasteiger partial charge in [0.1, 0.15) is 0 Å². The molecule has 0 radical (unpaired) electrons. The number of carboxylic acids is 1. The van der Waals surface area contributed by atoms with Gasteiger partial charge in [-0.25, -0.2) is 4.79 Å². The highest BCUT2D eigenvalue weighted by Crippen LogP contribution is 2.14. The van der Waals surface area contributed by atoms with Crippen molar-refractivity contribution >= 4 is 37.8 Å². The molecule has 1 aromatic rings. The zero-order valence-corrected chi connectivity index (χ0v) is 10.8. The van der Waals surface area contributed by atoms with E-state index in [4.69, 9.17) is 5.11 Å². The summed E-state index contributed by atoms with van der Waals surface area (Å²) in [4.78, 5) is 9.60. The van der Waals surface area contributed by atoms with Gasteiger partial charge in [0.25, 0.3) is 0 Å². The summed E-state index contributed by atoms with van der Waals surface area (Å²) < 4.78 is 2.22. The normalized spacial score (nSPS) is 8.50. The third-order valence-corrected chi connectivity index (χ3v) is 2.23. The van der Waals surface area contributed by atoms with Crippen LogP contribution in [0.2, 0.25) is 0 Å². The second-order valence-corrected chi connectivity index (χ2v) is 4.35. The molecule has 1 aromatic carbocycles. The minimum atomic E-state index is -0.935. The van der Waals surface area contributed by atoms with Crippen LogP contribution in [0.25, 0.3) is 0 Å². The third-order valence-electron chi connectivity index (χ3n) is 1.17. The molecule has 0 atom stereocenters. The molecule has 0 saturated heterocycles. The summed E-state index contributed by atoms with van der Waals surface area (Å²) in [5.41, 5.74) is 0.176. The Bertz CT molecular complexity index is 284. The maximum absolute atomic E-state index is 9.60. The van der Waals surface area contributed by atoms with E-state index < -0.39 is 5.97 Å². The van der Waals surface area contributed by atoms with E-state index in [0.29, 0.717) is 0 Å². The van der Waals surface area contributed by atoms with Crippen LogP contribution in [0.3, 0.4) is 0 Å². The quantitative estimate of drug-likeness (QED) is 0.797. The van der Waals surface area contributed by atoms with Crippen LogP contribution in [0.1, 0.15) is 6.92 Å². The fourth-order valence-electron chi connectivity index (χ4n) is 0.430. The fraction of sp³-hybridized carbons (Fsp3) is 0.100. The summed E-state index contributed by atoms with van der Waals surface area (Å²) in [5, 5.41) is 7.89. The zero-order chi connectivity index (χ0) is 11.1. The Labute approximate surface area is 99.9 Å². The van der Waals surface area contributed by atoms with Gasteiger partial charge in [0.15, 0.2) is 0 Å². The highest BCUT2D eigenvalue weighted by molar-refractivity contribution is 9.11. The van der Waals surface area contributed by atoms with E-state index in [2.05, 4.69) is 38.4 Å². The predicted octanol–water partition coefficient (Wildman–Crippen LogP) is 3.86. The lowest BCUT2D eigenvalue weighted by molar-refractivity contribution is -0.132. The monoisotopic (exact) mass is 320 g/mol. The highest BCUT2D eigenvalue weighted by atomic mass is 79.9. The van der Waals surface area contributed by atoms with Gasteiger partial charge in [0, 0.05) is 14.5 Å². The van der Waals surface area contributed by atoms with Gasteiger partial charge < -0.3 is 5.11 Å². The number of hydrogen-bond acceptors (Lipinski definition) is 1. The van der Waals surface area contributed by atoms with Gasteiger partial charge in [0.2, 0.25) is 0 Å². The van der Waals surface area contributed by atoms with Crippen molar-refractivity contribution in [3.63, 3.8) is 0 Å². The maximum atomic E-state index is 9.60. The summed E-state index contributed by atoms with van der Waals surface area (Å²) in [6.07, 6.45) is 0. The van der Waals surface area contributed by atoms with Crippen LogP contribution in [-0.2, 0) is 4.79 Å². The van der Waals surface area contributed by atoms with Gasteiger partial charge in [-0.15, -0.1) is 0 Å². The Morgan fingerprint density at radius 2 is 1.43 bits per heavy atom. The standard InChI is InChI=1S/C6H4Br2.C4H6O2/c7-5-1-2-6(8)4-3-5;1-3(2)4(5)6/h1-4H;1H2,2H3,(H,5,6). The molecule has 0 aromatic heterocycles. The minimum absolute atomic E-state index is 0.176. The molecule has 0 amide bonds. The first-order valence-corrected chi connectivity index (χ1v) is 5.32. The summed E-state index contributed by atoms with van der Waals surface area (Å²) in [5.74, 6) is -0.935. The van der Waals surface area contributed by atoms with Gasteiger partial charge in [-0.2, -0.15) is 0 Å². The second kappa shape index (κ2) is 6.79. The van der Waals surface area contributed by atoms with Crippen LogP contribution < -0.4 is 0 Å². The van der Waals surface area contributed by atoms with E-state index >= 15 is 0 Å². The lowest BCUT2D eigenvalue weighted by Gasteiger charge is -1.86. The van der Waals surface area contributed by atoms with Crippen molar-refractivity contribution in [2.24, 2.45) is 0 Å². The first-order chi connectivity index (χ1) is 6.43. The number of benzene rings is 1. The molecule has 0 aliphatic rings.